The lowest BCUT2D eigenvalue weighted by atomic mass is 10.1. The van der Waals surface area contributed by atoms with E-state index in [0.29, 0.717) is 11.3 Å². The molecule has 0 radical (unpaired) electrons. The fraction of sp³-hybridized carbons (Fsp3) is 0.391. The average molecular weight is 459 g/mol. The molecule has 0 aromatic heterocycles. The second-order valence-electron chi connectivity index (χ2n) is 8.12. The number of anilines is 1. The van der Waals surface area contributed by atoms with E-state index in [1.54, 1.807) is 53.4 Å². The highest BCUT2D eigenvalue weighted by Gasteiger charge is 2.39. The summed E-state index contributed by atoms with van der Waals surface area (Å²) in [4.78, 5) is 25.5. The summed E-state index contributed by atoms with van der Waals surface area (Å²) in [5.41, 5.74) is 7.21. The number of amides is 1. The number of carbonyl (C=O) groups is 2. The Morgan fingerprint density at radius 3 is 2.06 bits per heavy atom. The number of nitrogens with two attached hydrogens (primary N) is 1. The van der Waals surface area contributed by atoms with E-state index in [9.17, 15) is 18.0 Å². The number of carbonyl (C=O) groups excluding carboxylic acids is 2. The number of benzene rings is 2. The fourth-order valence-electron chi connectivity index (χ4n) is 4.20. The van der Waals surface area contributed by atoms with Crippen LogP contribution in [-0.4, -0.2) is 61.0 Å². The Bertz CT molecular complexity index is 1050. The summed E-state index contributed by atoms with van der Waals surface area (Å²) in [7, 11) is -3.88. The number of para-hydroxylation sites is 1. The summed E-state index contributed by atoms with van der Waals surface area (Å²) < 4.78 is 30.3. The highest BCUT2D eigenvalue weighted by molar-refractivity contribution is 7.90. The summed E-state index contributed by atoms with van der Waals surface area (Å²) in [5, 5.41) is 0. The van der Waals surface area contributed by atoms with Crippen molar-refractivity contribution < 1.29 is 18.0 Å². The van der Waals surface area contributed by atoms with Crippen LogP contribution in [0.25, 0.3) is 0 Å². The fourth-order valence-corrected chi connectivity index (χ4v) is 5.99. The quantitative estimate of drug-likeness (QED) is 0.640. The number of nitrogens with zero attached hydrogens (tertiary/aromatic N) is 3. The first-order valence-corrected chi connectivity index (χ1v) is 12.0. The molecule has 2 N–H and O–H groups in total. The Labute approximate surface area is 189 Å². The molecule has 172 valence electrons. The van der Waals surface area contributed by atoms with Crippen LogP contribution in [0.4, 0.5) is 5.69 Å². The smallest absolute Gasteiger partial charge is 0.304 e. The normalized spacial score (nSPS) is 19.6. The van der Waals surface area contributed by atoms with Crippen molar-refractivity contribution in [3.63, 3.8) is 0 Å². The van der Waals surface area contributed by atoms with E-state index >= 15 is 0 Å². The summed E-state index contributed by atoms with van der Waals surface area (Å²) in [6.45, 7) is 5.70. The largest absolute Gasteiger partial charge is 0.335 e. The van der Waals surface area contributed by atoms with E-state index in [1.807, 2.05) is 19.9 Å². The molecule has 2 atom stereocenters. The Balaban J connectivity index is 1.92. The molecule has 2 aromatic rings. The van der Waals surface area contributed by atoms with Crippen LogP contribution in [-0.2, 0) is 21.5 Å². The first-order chi connectivity index (χ1) is 15.1. The van der Waals surface area contributed by atoms with Crippen LogP contribution in [0.1, 0.15) is 36.7 Å². The molecule has 0 bridgehead atoms. The molecule has 3 rings (SSSR count). The number of hydrogen-bond donors (Lipinski definition) is 1. The van der Waals surface area contributed by atoms with Gasteiger partial charge >= 0.3 is 10.2 Å². The molecule has 1 aliphatic rings. The molecular weight excluding hydrogens is 428 g/mol. The lowest BCUT2D eigenvalue weighted by Crippen LogP contribution is -2.61. The lowest BCUT2D eigenvalue weighted by molar-refractivity contribution is -0.135. The first-order valence-electron chi connectivity index (χ1n) is 10.6. The zero-order valence-corrected chi connectivity index (χ0v) is 19.5. The molecule has 9 heteroatoms. The van der Waals surface area contributed by atoms with Gasteiger partial charge in [0.25, 0.3) is 0 Å². The maximum Gasteiger partial charge on any atom is 0.304 e. The van der Waals surface area contributed by atoms with Gasteiger partial charge in [0.15, 0.2) is 5.78 Å². The minimum absolute atomic E-state index is 0.0610. The lowest BCUT2D eigenvalue weighted by Gasteiger charge is -2.44. The van der Waals surface area contributed by atoms with Crippen molar-refractivity contribution in [2.24, 2.45) is 5.73 Å². The molecule has 0 unspecified atom stereocenters. The third kappa shape index (κ3) is 5.01. The summed E-state index contributed by atoms with van der Waals surface area (Å²) in [5.74, 6) is -0.232. The van der Waals surface area contributed by atoms with Crippen molar-refractivity contribution in [3.8, 4) is 0 Å². The molecular formula is C23H30N4O4S. The summed E-state index contributed by atoms with van der Waals surface area (Å²) in [6.07, 6.45) is 0. The van der Waals surface area contributed by atoms with Crippen molar-refractivity contribution in [2.75, 3.05) is 23.9 Å². The van der Waals surface area contributed by atoms with Gasteiger partial charge in [-0.2, -0.15) is 12.7 Å². The topological polar surface area (TPSA) is 104 Å². The molecule has 0 saturated carbocycles. The summed E-state index contributed by atoms with van der Waals surface area (Å²) in [6, 6.07) is 15.3. The SMILES string of the molecule is CC(=O)N1[C@H](C)CN(S(=O)(=O)N(Cc2ccc(C(=O)CN)cc2)c2ccccc2)C[C@@H]1C. The van der Waals surface area contributed by atoms with Crippen LogP contribution in [0.2, 0.25) is 0 Å². The highest BCUT2D eigenvalue weighted by Crippen LogP contribution is 2.27. The number of Topliss-reactive ketones (excluding diaryl/α,β-unsaturated/α-hetero) is 1. The van der Waals surface area contributed by atoms with Crippen molar-refractivity contribution in [1.29, 1.82) is 0 Å². The van der Waals surface area contributed by atoms with Gasteiger partial charge in [0.05, 0.1) is 18.8 Å². The second kappa shape index (κ2) is 9.81. The van der Waals surface area contributed by atoms with Gasteiger partial charge in [-0.3, -0.25) is 13.9 Å². The Hall–Kier alpha value is -2.75. The maximum atomic E-state index is 13.8. The Kier molecular flexibility index (Phi) is 7.33. The molecule has 32 heavy (non-hydrogen) atoms. The van der Waals surface area contributed by atoms with E-state index in [2.05, 4.69) is 0 Å². The van der Waals surface area contributed by atoms with Crippen LogP contribution in [0.3, 0.4) is 0 Å². The van der Waals surface area contributed by atoms with Crippen molar-refractivity contribution in [1.82, 2.24) is 9.21 Å². The number of piperazine rings is 1. The van der Waals surface area contributed by atoms with Crippen LogP contribution in [0.15, 0.2) is 54.6 Å². The molecule has 1 amide bonds. The molecule has 1 heterocycles. The molecule has 1 aliphatic heterocycles. The first kappa shape index (κ1) is 23.9. The van der Waals surface area contributed by atoms with Crippen molar-refractivity contribution in [2.45, 2.75) is 39.4 Å². The molecule has 1 saturated heterocycles. The van der Waals surface area contributed by atoms with Crippen LogP contribution < -0.4 is 10.0 Å². The molecule has 0 spiro atoms. The van der Waals surface area contributed by atoms with Gasteiger partial charge in [0, 0.05) is 37.7 Å². The predicted molar refractivity (Wildman–Crippen MR) is 124 cm³/mol. The van der Waals surface area contributed by atoms with Gasteiger partial charge in [0.1, 0.15) is 0 Å². The third-order valence-corrected chi connectivity index (χ3v) is 7.53. The zero-order chi connectivity index (χ0) is 23.5. The zero-order valence-electron chi connectivity index (χ0n) is 18.6. The predicted octanol–water partition coefficient (Wildman–Crippen LogP) is 2.02. The van der Waals surface area contributed by atoms with E-state index < -0.39 is 10.2 Å². The number of hydrogen-bond acceptors (Lipinski definition) is 5. The van der Waals surface area contributed by atoms with Crippen LogP contribution in [0.5, 0.6) is 0 Å². The van der Waals surface area contributed by atoms with E-state index in [-0.39, 0.29) is 50.0 Å². The third-order valence-electron chi connectivity index (χ3n) is 5.69. The average Bonchev–Trinajstić information content (AvgIpc) is 2.77. The van der Waals surface area contributed by atoms with E-state index in [1.165, 1.54) is 15.5 Å². The molecule has 1 fully saturated rings. The van der Waals surface area contributed by atoms with Crippen LogP contribution in [0, 0.1) is 0 Å². The monoisotopic (exact) mass is 458 g/mol. The van der Waals surface area contributed by atoms with Gasteiger partial charge in [-0.05, 0) is 31.5 Å². The second-order valence-corrected chi connectivity index (χ2v) is 9.97. The van der Waals surface area contributed by atoms with Crippen molar-refractivity contribution in [3.05, 3.63) is 65.7 Å². The van der Waals surface area contributed by atoms with Gasteiger partial charge in [-0.15, -0.1) is 0 Å². The molecule has 0 aliphatic carbocycles. The van der Waals surface area contributed by atoms with Gasteiger partial charge < -0.3 is 10.6 Å². The maximum absolute atomic E-state index is 13.8. The van der Waals surface area contributed by atoms with Crippen LogP contribution >= 0.6 is 0 Å². The minimum Gasteiger partial charge on any atom is -0.335 e. The Morgan fingerprint density at radius 1 is 1.00 bits per heavy atom. The minimum atomic E-state index is -3.88. The van der Waals surface area contributed by atoms with Gasteiger partial charge in [0.2, 0.25) is 5.91 Å². The van der Waals surface area contributed by atoms with Gasteiger partial charge in [-0.1, -0.05) is 42.5 Å². The van der Waals surface area contributed by atoms with Gasteiger partial charge in [-0.25, -0.2) is 0 Å². The summed E-state index contributed by atoms with van der Waals surface area (Å²) >= 11 is 0. The number of rotatable bonds is 7. The van der Waals surface area contributed by atoms with E-state index in [0.717, 1.165) is 5.56 Å². The highest BCUT2D eigenvalue weighted by atomic mass is 32.2. The van der Waals surface area contributed by atoms with Crippen molar-refractivity contribution >= 4 is 27.6 Å². The molecule has 2 aromatic carbocycles. The van der Waals surface area contributed by atoms with E-state index in [4.69, 9.17) is 5.73 Å². The molecule has 8 nitrogen and oxygen atoms in total. The number of ketones is 1. The standard InChI is InChI=1S/C23H30N4O4S/c1-17-14-25(15-18(2)27(17)19(3)28)32(30,31)26(22-7-5-4-6-8-22)16-20-9-11-21(12-10-20)23(29)13-24/h4-12,17-18H,13-16,24H2,1-3H3/t17-,18+. The Morgan fingerprint density at radius 2 is 1.56 bits per heavy atom.